The molecule has 1 heterocycles. The number of rotatable bonds is 3. The molecule has 1 aromatic heterocycles. The van der Waals surface area contributed by atoms with Crippen LogP contribution in [-0.4, -0.2) is 19.1 Å². The molecule has 0 aliphatic carbocycles. The summed E-state index contributed by atoms with van der Waals surface area (Å²) in [4.78, 5) is 23.2. The number of nitrogens with zero attached hydrogens (tertiary/aromatic N) is 1. The number of carbonyl (C=O) groups is 1. The van der Waals surface area contributed by atoms with E-state index in [0.717, 1.165) is 6.20 Å². The van der Waals surface area contributed by atoms with Gasteiger partial charge in [0, 0.05) is 6.20 Å². The number of benzene rings is 1. The zero-order valence-electron chi connectivity index (χ0n) is 11.1. The second-order valence-corrected chi connectivity index (χ2v) is 7.06. The lowest BCUT2D eigenvalue weighted by molar-refractivity contribution is 0.254. The third-order valence-corrected chi connectivity index (χ3v) is 4.82. The minimum Gasteiger partial charge on any atom is -0.266 e. The second kappa shape index (κ2) is 6.79. The highest BCUT2D eigenvalue weighted by Crippen LogP contribution is 2.20. The van der Waals surface area contributed by atoms with Gasteiger partial charge in [0.1, 0.15) is 9.92 Å². The Morgan fingerprint density at radius 2 is 1.74 bits per heavy atom. The second-order valence-electron chi connectivity index (χ2n) is 4.16. The van der Waals surface area contributed by atoms with Crippen LogP contribution in [-0.2, 0) is 10.0 Å². The predicted octanol–water partition coefficient (Wildman–Crippen LogP) is 2.45. The molecule has 2 rings (SSSR count). The normalized spacial score (nSPS) is 11.1. The molecule has 2 amide bonds. The van der Waals surface area contributed by atoms with Crippen LogP contribution in [0, 0.1) is 0 Å². The summed E-state index contributed by atoms with van der Waals surface area (Å²) in [6, 6.07) is 5.55. The van der Waals surface area contributed by atoms with Crippen molar-refractivity contribution in [3.05, 3.63) is 62.0 Å². The minimum atomic E-state index is -4.22. The third-order valence-electron chi connectivity index (χ3n) is 2.52. The van der Waals surface area contributed by atoms with Crippen molar-refractivity contribution >= 4 is 50.9 Å². The van der Waals surface area contributed by atoms with E-state index >= 15 is 0 Å². The Balaban J connectivity index is 2.24. The molecular weight excluding hydrogens is 389 g/mol. The molecule has 0 fully saturated rings. The number of hydrogen-bond donors (Lipinski definition) is 2. The molecule has 23 heavy (non-hydrogen) atoms. The monoisotopic (exact) mass is 395 g/mol. The summed E-state index contributed by atoms with van der Waals surface area (Å²) in [6.07, 6.45) is 1.07. The number of nitrogens with one attached hydrogen (secondary N) is 2. The third kappa shape index (κ3) is 4.17. The van der Waals surface area contributed by atoms with Gasteiger partial charge in [-0.2, -0.15) is 0 Å². The van der Waals surface area contributed by atoms with Gasteiger partial charge in [-0.3, -0.25) is 4.79 Å². The molecule has 2 N–H and O–H groups in total. The van der Waals surface area contributed by atoms with Crippen LogP contribution in [0.2, 0.25) is 15.1 Å². The summed E-state index contributed by atoms with van der Waals surface area (Å²) in [6.45, 7) is 0. The van der Waals surface area contributed by atoms with Gasteiger partial charge in [0.05, 0.1) is 10.0 Å². The Morgan fingerprint density at radius 3 is 2.39 bits per heavy atom. The van der Waals surface area contributed by atoms with Gasteiger partial charge in [0.15, 0.2) is 0 Å². The van der Waals surface area contributed by atoms with E-state index in [0.29, 0.717) is 4.68 Å². The maximum atomic E-state index is 12.1. The average Bonchev–Trinajstić information content (AvgIpc) is 2.43. The molecule has 122 valence electrons. The van der Waals surface area contributed by atoms with E-state index in [1.807, 2.05) is 5.43 Å². The molecule has 0 saturated carbocycles. The Morgan fingerprint density at radius 1 is 1.09 bits per heavy atom. The molecule has 0 saturated heterocycles. The first-order valence-corrected chi connectivity index (χ1v) is 8.48. The lowest BCUT2D eigenvalue weighted by Crippen LogP contribution is -2.41. The number of halogens is 3. The van der Waals surface area contributed by atoms with Gasteiger partial charge in [-0.15, -0.1) is 0 Å². The largest absolute Gasteiger partial charge is 0.347 e. The Hall–Kier alpha value is -1.74. The van der Waals surface area contributed by atoms with Gasteiger partial charge in [0.2, 0.25) is 0 Å². The number of pyridine rings is 1. The molecule has 0 aliphatic rings. The number of sulfonamides is 1. The first-order valence-electron chi connectivity index (χ1n) is 5.87. The van der Waals surface area contributed by atoms with E-state index in [9.17, 15) is 18.0 Å². The fraction of sp³-hybridized carbons (Fsp3) is 0. The Bertz CT molecular complexity index is 927. The van der Waals surface area contributed by atoms with Gasteiger partial charge in [-0.25, -0.2) is 28.0 Å². The van der Waals surface area contributed by atoms with E-state index in [2.05, 4.69) is 0 Å². The Kier molecular flexibility index (Phi) is 5.20. The lowest BCUT2D eigenvalue weighted by atomic mass is 10.4. The molecule has 0 aliphatic heterocycles. The average molecular weight is 397 g/mol. The Labute approximate surface area is 145 Å². The van der Waals surface area contributed by atoms with Crippen molar-refractivity contribution in [2.24, 2.45) is 0 Å². The van der Waals surface area contributed by atoms with Gasteiger partial charge in [-0.1, -0.05) is 46.9 Å². The molecular formula is C12H8Cl3N3O4S. The summed E-state index contributed by atoms with van der Waals surface area (Å²) in [5.74, 6) is 0. The highest BCUT2D eigenvalue weighted by atomic mass is 35.5. The van der Waals surface area contributed by atoms with Crippen molar-refractivity contribution in [2.75, 3.05) is 5.43 Å². The summed E-state index contributed by atoms with van der Waals surface area (Å²) in [5.41, 5.74) is 1.22. The molecule has 0 unspecified atom stereocenters. The van der Waals surface area contributed by atoms with Crippen LogP contribution in [0.1, 0.15) is 0 Å². The van der Waals surface area contributed by atoms with E-state index in [-0.39, 0.29) is 20.0 Å². The van der Waals surface area contributed by atoms with Crippen LogP contribution in [0.15, 0.2) is 46.2 Å². The highest BCUT2D eigenvalue weighted by Gasteiger charge is 2.20. The van der Waals surface area contributed by atoms with E-state index < -0.39 is 21.6 Å². The topological polar surface area (TPSA) is 97.3 Å². The quantitative estimate of drug-likeness (QED) is 0.832. The van der Waals surface area contributed by atoms with Crippen molar-refractivity contribution in [1.82, 2.24) is 9.40 Å². The zero-order chi connectivity index (χ0) is 17.2. The van der Waals surface area contributed by atoms with Crippen molar-refractivity contribution < 1.29 is 13.2 Å². The van der Waals surface area contributed by atoms with Gasteiger partial charge >= 0.3 is 6.03 Å². The number of carbonyl (C=O) groups excluding carboxylic acids is 1. The molecule has 1 aromatic carbocycles. The summed E-state index contributed by atoms with van der Waals surface area (Å²) >= 11 is 17.1. The zero-order valence-corrected chi connectivity index (χ0v) is 14.2. The molecule has 2 aromatic rings. The van der Waals surface area contributed by atoms with Crippen LogP contribution in [0.5, 0.6) is 0 Å². The number of amides is 2. The summed E-state index contributed by atoms with van der Waals surface area (Å²) in [5, 5.41) is -0.230. The highest BCUT2D eigenvalue weighted by molar-refractivity contribution is 7.90. The minimum absolute atomic E-state index is 0.0595. The molecule has 0 radical (unpaired) electrons. The van der Waals surface area contributed by atoms with E-state index in [1.165, 1.54) is 30.3 Å². The lowest BCUT2D eigenvalue weighted by Gasteiger charge is -2.11. The predicted molar refractivity (Wildman–Crippen MR) is 87.3 cm³/mol. The van der Waals surface area contributed by atoms with Gasteiger partial charge in [-0.05, 0) is 18.2 Å². The van der Waals surface area contributed by atoms with E-state index in [4.69, 9.17) is 34.8 Å². The number of urea groups is 1. The first kappa shape index (κ1) is 17.6. The molecule has 0 atom stereocenters. The maximum absolute atomic E-state index is 12.1. The number of aromatic nitrogens is 1. The van der Waals surface area contributed by atoms with E-state index in [1.54, 1.807) is 4.72 Å². The summed E-state index contributed by atoms with van der Waals surface area (Å²) < 4.78 is 26.5. The van der Waals surface area contributed by atoms with Crippen LogP contribution >= 0.6 is 34.8 Å². The molecule has 0 spiro atoms. The van der Waals surface area contributed by atoms with Crippen molar-refractivity contribution in [2.45, 2.75) is 4.90 Å². The first-order chi connectivity index (χ1) is 10.7. The van der Waals surface area contributed by atoms with Gasteiger partial charge in [0.25, 0.3) is 15.6 Å². The van der Waals surface area contributed by atoms with Crippen molar-refractivity contribution in [3.63, 3.8) is 0 Å². The molecule has 0 bridgehead atoms. The maximum Gasteiger partial charge on any atom is 0.347 e. The number of hydrogen-bond acceptors (Lipinski definition) is 4. The molecule has 11 heteroatoms. The molecule has 7 nitrogen and oxygen atoms in total. The van der Waals surface area contributed by atoms with Crippen molar-refractivity contribution in [1.29, 1.82) is 0 Å². The van der Waals surface area contributed by atoms with Crippen LogP contribution < -0.4 is 15.7 Å². The summed E-state index contributed by atoms with van der Waals surface area (Å²) in [7, 11) is -4.22. The fourth-order valence-corrected chi connectivity index (χ4v) is 3.47. The van der Waals surface area contributed by atoms with Gasteiger partial charge < -0.3 is 0 Å². The van der Waals surface area contributed by atoms with Crippen molar-refractivity contribution in [3.8, 4) is 0 Å². The van der Waals surface area contributed by atoms with Crippen LogP contribution in [0.25, 0.3) is 0 Å². The SMILES string of the molecule is O=C(Nn1cc(Cl)cc(Cl)c1=O)NS(=O)(=O)c1ccccc1Cl. The van der Waals surface area contributed by atoms with Crippen LogP contribution in [0.4, 0.5) is 4.79 Å². The smallest absolute Gasteiger partial charge is 0.266 e. The standard InChI is InChI=1S/C12H8Cl3N3O4S/c13-7-5-9(15)11(19)18(6-7)16-12(20)17-23(21,22)10-4-2-1-3-8(10)14/h1-6H,(H2,16,17,20). The van der Waals surface area contributed by atoms with Crippen LogP contribution in [0.3, 0.4) is 0 Å². The fourth-order valence-electron chi connectivity index (χ4n) is 1.57.